The molecule has 0 amide bonds. The third-order valence-corrected chi connectivity index (χ3v) is 6.54. The van der Waals surface area contributed by atoms with Crippen LogP contribution in [0.4, 0.5) is 0 Å². The molecule has 5 nitrogen and oxygen atoms in total. The van der Waals surface area contributed by atoms with E-state index in [1.54, 1.807) is 0 Å². The zero-order valence-electron chi connectivity index (χ0n) is 17.7. The molecule has 2 saturated heterocycles. The molecule has 2 aliphatic rings. The second kappa shape index (κ2) is 9.65. The smallest absolute Gasteiger partial charge is 0.150 e. The molecule has 3 heterocycles. The molecule has 31 heavy (non-hydrogen) atoms. The van der Waals surface area contributed by atoms with Crippen molar-refractivity contribution in [3.63, 3.8) is 0 Å². The van der Waals surface area contributed by atoms with Crippen molar-refractivity contribution < 1.29 is 9.47 Å². The van der Waals surface area contributed by atoms with Crippen molar-refractivity contribution in [2.24, 2.45) is 0 Å². The summed E-state index contributed by atoms with van der Waals surface area (Å²) in [6, 6.07) is 15.2. The fraction of sp³-hybridized carbons (Fsp3) is 0.400. The van der Waals surface area contributed by atoms with E-state index in [4.69, 9.17) is 14.6 Å². The minimum Gasteiger partial charge on any atom is -0.379 e. The lowest BCUT2D eigenvalue weighted by Crippen LogP contribution is -2.35. The zero-order chi connectivity index (χ0) is 21.0. The Morgan fingerprint density at radius 1 is 1.00 bits per heavy atom. The first-order chi connectivity index (χ1) is 15.3. The first kappa shape index (κ1) is 20.9. The van der Waals surface area contributed by atoms with E-state index in [-0.39, 0.29) is 6.23 Å². The van der Waals surface area contributed by atoms with Gasteiger partial charge in [0.1, 0.15) is 0 Å². The molecule has 5 rings (SSSR count). The van der Waals surface area contributed by atoms with Crippen LogP contribution < -0.4 is 0 Å². The van der Waals surface area contributed by atoms with Gasteiger partial charge >= 0.3 is 0 Å². The molecule has 6 heteroatoms. The molecule has 1 aromatic heterocycles. The Labute approximate surface area is 191 Å². The molecule has 2 aromatic carbocycles. The van der Waals surface area contributed by atoms with Crippen LogP contribution >= 0.6 is 15.9 Å². The van der Waals surface area contributed by atoms with E-state index in [1.807, 2.05) is 0 Å². The minimum atomic E-state index is 0.0269. The Morgan fingerprint density at radius 3 is 2.61 bits per heavy atom. The second-order valence-corrected chi connectivity index (χ2v) is 9.19. The van der Waals surface area contributed by atoms with Gasteiger partial charge in [0.05, 0.1) is 24.4 Å². The van der Waals surface area contributed by atoms with E-state index in [2.05, 4.69) is 80.1 Å². The normalized spacial score (nSPS) is 20.6. The van der Waals surface area contributed by atoms with E-state index < -0.39 is 0 Å². The summed E-state index contributed by atoms with van der Waals surface area (Å²) in [6.07, 6.45) is 7.62. The highest BCUT2D eigenvalue weighted by molar-refractivity contribution is 9.10. The third-order valence-electron chi connectivity index (χ3n) is 6.05. The number of hydrogen-bond acceptors (Lipinski definition) is 4. The molecule has 1 unspecified atom stereocenters. The number of nitrogens with zero attached hydrogens (tertiary/aromatic N) is 3. The Hall–Kier alpha value is -1.99. The summed E-state index contributed by atoms with van der Waals surface area (Å²) in [7, 11) is 0. The van der Waals surface area contributed by atoms with Crippen LogP contribution in [-0.2, 0) is 16.0 Å². The largest absolute Gasteiger partial charge is 0.379 e. The summed E-state index contributed by atoms with van der Waals surface area (Å²) in [4.78, 5) is 2.44. The van der Waals surface area contributed by atoms with Gasteiger partial charge in [0.15, 0.2) is 6.23 Å². The zero-order valence-corrected chi connectivity index (χ0v) is 19.3. The van der Waals surface area contributed by atoms with Gasteiger partial charge in [-0.3, -0.25) is 4.90 Å². The Balaban J connectivity index is 1.36. The predicted octanol–water partition coefficient (Wildman–Crippen LogP) is 5.50. The second-order valence-electron chi connectivity index (χ2n) is 8.28. The highest BCUT2D eigenvalue weighted by Crippen LogP contribution is 2.30. The predicted molar refractivity (Wildman–Crippen MR) is 128 cm³/mol. The molecular formula is C25H28BrN3O2. The molecule has 2 fully saturated rings. The van der Waals surface area contributed by atoms with Crippen LogP contribution in [0.3, 0.4) is 0 Å². The maximum atomic E-state index is 6.01. The lowest BCUT2D eigenvalue weighted by molar-refractivity contribution is -0.0367. The number of ether oxygens (including phenoxy) is 2. The van der Waals surface area contributed by atoms with Gasteiger partial charge in [-0.15, -0.1) is 0 Å². The van der Waals surface area contributed by atoms with E-state index in [0.29, 0.717) is 0 Å². The number of morpholine rings is 1. The van der Waals surface area contributed by atoms with Crippen molar-refractivity contribution in [1.82, 2.24) is 14.7 Å². The molecule has 0 aliphatic carbocycles. The molecule has 2 aliphatic heterocycles. The van der Waals surface area contributed by atoms with Crippen LogP contribution in [0, 0.1) is 0 Å². The highest BCUT2D eigenvalue weighted by Gasteiger charge is 2.20. The average molecular weight is 482 g/mol. The molecule has 0 spiro atoms. The molecule has 0 N–H and O–H groups in total. The summed E-state index contributed by atoms with van der Waals surface area (Å²) < 4.78 is 14.6. The highest BCUT2D eigenvalue weighted by atomic mass is 79.9. The van der Waals surface area contributed by atoms with Gasteiger partial charge in [0, 0.05) is 36.1 Å². The van der Waals surface area contributed by atoms with Crippen molar-refractivity contribution in [3.8, 4) is 0 Å². The van der Waals surface area contributed by atoms with E-state index in [0.717, 1.165) is 73.4 Å². The lowest BCUT2D eigenvalue weighted by Gasteiger charge is -2.26. The van der Waals surface area contributed by atoms with Gasteiger partial charge in [-0.2, -0.15) is 5.10 Å². The maximum Gasteiger partial charge on any atom is 0.150 e. The van der Waals surface area contributed by atoms with Crippen LogP contribution in [0.1, 0.15) is 42.3 Å². The Morgan fingerprint density at radius 2 is 1.84 bits per heavy atom. The number of benzene rings is 2. The molecular weight excluding hydrogens is 454 g/mol. The summed E-state index contributed by atoms with van der Waals surface area (Å²) >= 11 is 3.61. The third kappa shape index (κ3) is 4.93. The number of aromatic nitrogens is 2. The number of rotatable bonds is 5. The van der Waals surface area contributed by atoms with E-state index >= 15 is 0 Å². The van der Waals surface area contributed by atoms with Gasteiger partial charge < -0.3 is 9.47 Å². The quantitative estimate of drug-likeness (QED) is 0.482. The van der Waals surface area contributed by atoms with E-state index in [9.17, 15) is 0 Å². The van der Waals surface area contributed by atoms with Gasteiger partial charge in [-0.05, 0) is 54.7 Å². The van der Waals surface area contributed by atoms with Crippen LogP contribution in [0.15, 0.2) is 46.9 Å². The standard InChI is InChI=1S/C25H28BrN3O2/c26-21-9-11-24-22(17-21)23(27-29(24)25-3-1-2-14-31-25)10-8-19-4-6-20(7-5-19)18-28-12-15-30-16-13-28/h4-11,17,25H,1-3,12-16,18H2/b10-8+. The van der Waals surface area contributed by atoms with Crippen molar-refractivity contribution in [3.05, 3.63) is 63.8 Å². The number of hydrogen-bond donors (Lipinski definition) is 0. The summed E-state index contributed by atoms with van der Waals surface area (Å²) in [5.74, 6) is 0. The van der Waals surface area contributed by atoms with Gasteiger partial charge in [-0.25, -0.2) is 4.68 Å². The fourth-order valence-corrected chi connectivity index (χ4v) is 4.68. The van der Waals surface area contributed by atoms with Crippen molar-refractivity contribution in [2.45, 2.75) is 32.0 Å². The number of fused-ring (bicyclic) bond motifs is 1. The molecule has 0 bridgehead atoms. The summed E-state index contributed by atoms with van der Waals surface area (Å²) in [6.45, 7) is 5.49. The minimum absolute atomic E-state index is 0.0269. The molecule has 1 atom stereocenters. The topological polar surface area (TPSA) is 39.5 Å². The fourth-order valence-electron chi connectivity index (χ4n) is 4.32. The molecule has 3 aromatic rings. The SMILES string of the molecule is Brc1ccc2c(c1)c(/C=C/c1ccc(CN3CCOCC3)cc1)nn2C1CCCCO1. The first-order valence-corrected chi connectivity index (χ1v) is 11.9. The van der Waals surface area contributed by atoms with Crippen molar-refractivity contribution in [2.75, 3.05) is 32.9 Å². The lowest BCUT2D eigenvalue weighted by atomic mass is 10.1. The number of halogens is 1. The van der Waals surface area contributed by atoms with Crippen LogP contribution in [0.5, 0.6) is 0 Å². The molecule has 0 radical (unpaired) electrons. The van der Waals surface area contributed by atoms with Crippen LogP contribution in [0.25, 0.3) is 23.1 Å². The maximum absolute atomic E-state index is 6.01. The summed E-state index contributed by atoms with van der Waals surface area (Å²) in [5, 5.41) is 6.07. The average Bonchev–Trinajstić information content (AvgIpc) is 3.17. The Bertz CT molecular complexity index is 1050. The molecule has 0 saturated carbocycles. The summed E-state index contributed by atoms with van der Waals surface area (Å²) in [5.41, 5.74) is 4.61. The van der Waals surface area contributed by atoms with Gasteiger partial charge in [0.2, 0.25) is 0 Å². The molecule has 162 valence electrons. The van der Waals surface area contributed by atoms with Crippen LogP contribution in [-0.4, -0.2) is 47.6 Å². The van der Waals surface area contributed by atoms with Crippen molar-refractivity contribution >= 4 is 39.0 Å². The monoisotopic (exact) mass is 481 g/mol. The van der Waals surface area contributed by atoms with Crippen molar-refractivity contribution in [1.29, 1.82) is 0 Å². The first-order valence-electron chi connectivity index (χ1n) is 11.1. The van der Waals surface area contributed by atoms with E-state index in [1.165, 1.54) is 17.5 Å². The Kier molecular flexibility index (Phi) is 6.50. The van der Waals surface area contributed by atoms with Crippen LogP contribution in [0.2, 0.25) is 0 Å². The van der Waals surface area contributed by atoms with Gasteiger partial charge in [0.25, 0.3) is 0 Å². The van der Waals surface area contributed by atoms with Gasteiger partial charge in [-0.1, -0.05) is 46.3 Å².